The second-order valence-electron chi connectivity index (χ2n) is 5.50. The molecule has 0 bridgehead atoms. The molecule has 8 heteroatoms. The van der Waals surface area contributed by atoms with Gasteiger partial charge in [0.2, 0.25) is 5.91 Å². The van der Waals surface area contributed by atoms with Crippen molar-refractivity contribution < 1.29 is 4.79 Å². The Hall–Kier alpha value is -1.96. The largest absolute Gasteiger partial charge is 0.384 e. The second kappa shape index (κ2) is 5.20. The number of aromatic nitrogens is 2. The Labute approximate surface area is 121 Å². The van der Waals surface area contributed by atoms with E-state index >= 15 is 0 Å². The molecule has 0 aliphatic carbocycles. The molecule has 0 radical (unpaired) electrons. The molecule has 0 atom stereocenters. The van der Waals surface area contributed by atoms with Crippen LogP contribution in [0.2, 0.25) is 0 Å². The van der Waals surface area contributed by atoms with E-state index in [-0.39, 0.29) is 22.3 Å². The highest BCUT2D eigenvalue weighted by atomic mass is 32.1. The zero-order valence-electron chi connectivity index (χ0n) is 12.1. The van der Waals surface area contributed by atoms with Crippen LogP contribution >= 0.6 is 12.2 Å². The fraction of sp³-hybridized carbons (Fsp3) is 0.500. The van der Waals surface area contributed by atoms with Gasteiger partial charge in [-0.2, -0.15) is 0 Å². The first-order chi connectivity index (χ1) is 8.98. The van der Waals surface area contributed by atoms with Crippen molar-refractivity contribution in [2.45, 2.75) is 20.8 Å². The fourth-order valence-electron chi connectivity index (χ4n) is 1.43. The van der Waals surface area contributed by atoms with Crippen LogP contribution in [-0.4, -0.2) is 20.0 Å². The maximum Gasteiger partial charge on any atom is 0.332 e. The van der Waals surface area contributed by atoms with Crippen LogP contribution in [0.25, 0.3) is 0 Å². The zero-order valence-corrected chi connectivity index (χ0v) is 12.9. The molecule has 3 N–H and O–H groups in total. The number of carbonyl (C=O) groups excluding carboxylic acids is 1. The first-order valence-corrected chi connectivity index (χ1v) is 6.30. The van der Waals surface area contributed by atoms with Crippen molar-refractivity contribution >= 4 is 28.9 Å². The van der Waals surface area contributed by atoms with Crippen molar-refractivity contribution in [3.63, 3.8) is 0 Å². The smallest absolute Gasteiger partial charge is 0.332 e. The molecule has 0 fully saturated rings. The molecule has 0 saturated carbocycles. The molecular formula is C12H18N4O3S. The highest BCUT2D eigenvalue weighted by Gasteiger charge is 2.25. The molecule has 1 heterocycles. The number of hydrogen-bond donors (Lipinski definition) is 2. The molecule has 1 aromatic rings. The monoisotopic (exact) mass is 298 g/mol. The van der Waals surface area contributed by atoms with E-state index in [2.05, 4.69) is 5.32 Å². The molecular weight excluding hydrogens is 280 g/mol. The predicted octanol–water partition coefficient (Wildman–Crippen LogP) is -0.496. The van der Waals surface area contributed by atoms with Crippen LogP contribution in [0.4, 0.5) is 5.82 Å². The summed E-state index contributed by atoms with van der Waals surface area (Å²) in [5.41, 5.74) is 3.85. The van der Waals surface area contributed by atoms with Gasteiger partial charge in [-0.25, -0.2) is 4.79 Å². The average molecular weight is 298 g/mol. The highest BCUT2D eigenvalue weighted by Crippen LogP contribution is 2.13. The lowest BCUT2D eigenvalue weighted by Gasteiger charge is -2.19. The molecule has 7 nitrogen and oxygen atoms in total. The quantitative estimate of drug-likeness (QED) is 0.681. The summed E-state index contributed by atoms with van der Waals surface area (Å²) in [6.45, 7) is 5.15. The maximum absolute atomic E-state index is 12.1. The van der Waals surface area contributed by atoms with Crippen molar-refractivity contribution in [1.82, 2.24) is 14.5 Å². The van der Waals surface area contributed by atoms with Crippen molar-refractivity contribution in [2.24, 2.45) is 19.5 Å². The molecule has 0 aliphatic heterocycles. The molecule has 0 spiro atoms. The summed E-state index contributed by atoms with van der Waals surface area (Å²) < 4.78 is 1.99. The molecule has 0 aromatic carbocycles. The van der Waals surface area contributed by atoms with E-state index < -0.39 is 16.7 Å². The number of hydrogen-bond acceptors (Lipinski definition) is 5. The van der Waals surface area contributed by atoms with Crippen molar-refractivity contribution in [3.8, 4) is 0 Å². The lowest BCUT2D eigenvalue weighted by molar-refractivity contribution is -0.126. The van der Waals surface area contributed by atoms with Crippen LogP contribution in [0.5, 0.6) is 0 Å². The van der Waals surface area contributed by atoms with Crippen molar-refractivity contribution in [2.75, 3.05) is 5.73 Å². The van der Waals surface area contributed by atoms with Gasteiger partial charge in [-0.15, -0.1) is 0 Å². The van der Waals surface area contributed by atoms with E-state index in [0.717, 1.165) is 9.13 Å². The third-order valence-corrected chi connectivity index (χ3v) is 3.15. The average Bonchev–Trinajstić information content (AvgIpc) is 2.33. The van der Waals surface area contributed by atoms with Gasteiger partial charge < -0.3 is 11.1 Å². The Morgan fingerprint density at radius 3 is 2.15 bits per heavy atom. The zero-order chi connectivity index (χ0) is 15.8. The van der Waals surface area contributed by atoms with Gasteiger partial charge in [0, 0.05) is 19.5 Å². The SMILES string of the molecule is Cn1c(N)c(C(=S)NC(=O)C(C)(C)C)c(=O)n(C)c1=O. The van der Waals surface area contributed by atoms with Gasteiger partial charge in [-0.1, -0.05) is 33.0 Å². The molecule has 1 rings (SSSR count). The molecule has 1 amide bonds. The number of carbonyl (C=O) groups is 1. The van der Waals surface area contributed by atoms with Crippen LogP contribution in [0.3, 0.4) is 0 Å². The van der Waals surface area contributed by atoms with Gasteiger partial charge in [0.05, 0.1) is 0 Å². The lowest BCUT2D eigenvalue weighted by atomic mass is 9.95. The number of thiocarbonyl (C=S) groups is 1. The van der Waals surface area contributed by atoms with Gasteiger partial charge in [-0.05, 0) is 0 Å². The van der Waals surface area contributed by atoms with Crippen molar-refractivity contribution in [1.29, 1.82) is 0 Å². The summed E-state index contributed by atoms with van der Waals surface area (Å²) in [5.74, 6) is -0.407. The molecule has 0 aliphatic rings. The van der Waals surface area contributed by atoms with E-state index in [9.17, 15) is 14.4 Å². The summed E-state index contributed by atoms with van der Waals surface area (Å²) >= 11 is 5.06. The summed E-state index contributed by atoms with van der Waals surface area (Å²) in [4.78, 5) is 35.6. The Kier molecular flexibility index (Phi) is 4.18. The number of amides is 1. The third kappa shape index (κ3) is 2.79. The minimum Gasteiger partial charge on any atom is -0.384 e. The standard InChI is InChI=1S/C12H18N4O3S/c1-12(2,3)10(18)14-8(20)6-7(13)15(4)11(19)16(5)9(6)17/h13H2,1-5H3,(H,14,18,20). The minimum absolute atomic E-state index is 0.0535. The highest BCUT2D eigenvalue weighted by molar-refractivity contribution is 7.80. The molecule has 0 unspecified atom stereocenters. The maximum atomic E-state index is 12.1. The van der Waals surface area contributed by atoms with Crippen LogP contribution < -0.4 is 22.3 Å². The first-order valence-electron chi connectivity index (χ1n) is 5.89. The Morgan fingerprint density at radius 1 is 1.20 bits per heavy atom. The fourth-order valence-corrected chi connectivity index (χ4v) is 1.71. The van der Waals surface area contributed by atoms with E-state index in [4.69, 9.17) is 18.0 Å². The lowest BCUT2D eigenvalue weighted by Crippen LogP contribution is -2.46. The van der Waals surface area contributed by atoms with E-state index in [0.29, 0.717) is 0 Å². The molecule has 110 valence electrons. The topological polar surface area (TPSA) is 99.1 Å². The second-order valence-corrected chi connectivity index (χ2v) is 5.91. The van der Waals surface area contributed by atoms with Crippen LogP contribution in [0, 0.1) is 5.41 Å². The van der Waals surface area contributed by atoms with Gasteiger partial charge in [0.15, 0.2) is 0 Å². The van der Waals surface area contributed by atoms with Crippen molar-refractivity contribution in [3.05, 3.63) is 26.4 Å². The summed E-state index contributed by atoms with van der Waals surface area (Å²) in [6, 6.07) is 0. The Balaban J connectivity index is 3.36. The minimum atomic E-state index is -0.662. The molecule has 1 aromatic heterocycles. The van der Waals surface area contributed by atoms with Gasteiger partial charge >= 0.3 is 5.69 Å². The Bertz CT molecular complexity index is 694. The van der Waals surface area contributed by atoms with E-state index in [1.165, 1.54) is 14.1 Å². The third-order valence-electron chi connectivity index (χ3n) is 2.85. The van der Waals surface area contributed by atoms with Crippen LogP contribution in [-0.2, 0) is 18.9 Å². The molecule has 20 heavy (non-hydrogen) atoms. The van der Waals surface area contributed by atoms with Crippen LogP contribution in [0.1, 0.15) is 26.3 Å². The van der Waals surface area contributed by atoms with Gasteiger partial charge in [-0.3, -0.25) is 18.7 Å². The summed E-state index contributed by atoms with van der Waals surface area (Å²) in [6.07, 6.45) is 0. The van der Waals surface area contributed by atoms with E-state index in [1.54, 1.807) is 20.8 Å². The number of nitrogens with zero attached hydrogens (tertiary/aromatic N) is 2. The predicted molar refractivity (Wildman–Crippen MR) is 80.6 cm³/mol. The van der Waals surface area contributed by atoms with Crippen LogP contribution in [0.15, 0.2) is 9.59 Å². The van der Waals surface area contributed by atoms with E-state index in [1.807, 2.05) is 0 Å². The van der Waals surface area contributed by atoms with Gasteiger partial charge in [0.1, 0.15) is 16.4 Å². The normalized spacial score (nSPS) is 11.2. The van der Waals surface area contributed by atoms with Gasteiger partial charge in [0.25, 0.3) is 5.56 Å². The number of nitrogen functional groups attached to an aromatic ring is 1. The summed E-state index contributed by atoms with van der Waals surface area (Å²) in [5, 5.41) is 2.48. The number of nitrogens with two attached hydrogens (primary N) is 1. The number of anilines is 1. The summed E-state index contributed by atoms with van der Waals surface area (Å²) in [7, 11) is 2.75. The molecule has 0 saturated heterocycles. The number of nitrogens with one attached hydrogen (secondary N) is 1. The number of rotatable bonds is 1. The Morgan fingerprint density at radius 2 is 1.70 bits per heavy atom. The first kappa shape index (κ1) is 16.1.